The molecule has 0 aliphatic carbocycles. The molecule has 4 aromatic rings. The zero-order valence-electron chi connectivity index (χ0n) is 24.3. The summed E-state index contributed by atoms with van der Waals surface area (Å²) in [4.78, 5) is 17.6. The summed E-state index contributed by atoms with van der Waals surface area (Å²) in [6.07, 6.45) is 5.25. The van der Waals surface area contributed by atoms with Gasteiger partial charge in [0.05, 0.1) is 23.9 Å². The highest BCUT2D eigenvalue weighted by atomic mass is 35.5. The van der Waals surface area contributed by atoms with Crippen LogP contribution in [0.25, 0.3) is 22.0 Å². The van der Waals surface area contributed by atoms with Gasteiger partial charge >= 0.3 is 0 Å². The highest BCUT2D eigenvalue weighted by Gasteiger charge is 2.16. The lowest BCUT2D eigenvalue weighted by Crippen LogP contribution is -2.26. The number of carbonyl (C=O) groups is 1. The Balaban J connectivity index is 0.000000473. The standard InChI is InChI=1S/C26H22ClN3O2S.C4H7Cl.C3H7N/c1-17-14-20(30-12-13-32-16-33-30)7-8-21(17)26(31)29-19-6-9-24(27)23(15-19)25-22-5-3-2-4-18(22)10-11-28-25;1-3-4(2)5;1-3-4-2/h2-11,14-15H,12-13,16H2,1H3,(H,29,31);3H,1-2H3;3-4H,1H2,2H3/b;4-3+;. The maximum Gasteiger partial charge on any atom is 0.255 e. The van der Waals surface area contributed by atoms with Crippen molar-refractivity contribution in [3.63, 3.8) is 0 Å². The van der Waals surface area contributed by atoms with E-state index in [0.717, 1.165) is 44.9 Å². The number of pyridine rings is 1. The van der Waals surface area contributed by atoms with Crippen LogP contribution in [-0.4, -0.2) is 37.0 Å². The quantitative estimate of drug-likeness (QED) is 0.216. The van der Waals surface area contributed by atoms with Gasteiger partial charge in [0.2, 0.25) is 0 Å². The van der Waals surface area contributed by atoms with Crippen molar-refractivity contribution in [2.45, 2.75) is 20.8 Å². The Kier molecular flexibility index (Phi) is 13.2. The summed E-state index contributed by atoms with van der Waals surface area (Å²) < 4.78 is 7.59. The van der Waals surface area contributed by atoms with E-state index < -0.39 is 0 Å². The van der Waals surface area contributed by atoms with Crippen molar-refractivity contribution in [2.24, 2.45) is 0 Å². The molecule has 0 unspecified atom stereocenters. The molecule has 0 atom stereocenters. The molecule has 1 aliphatic rings. The molecular formula is C33H36Cl2N4O2S. The highest BCUT2D eigenvalue weighted by Crippen LogP contribution is 2.34. The number of benzene rings is 3. The number of amides is 1. The van der Waals surface area contributed by atoms with Crippen LogP contribution in [0, 0.1) is 6.92 Å². The maximum absolute atomic E-state index is 13.1. The first kappa shape index (κ1) is 33.0. The molecule has 0 saturated carbocycles. The topological polar surface area (TPSA) is 66.5 Å². The van der Waals surface area contributed by atoms with Gasteiger partial charge in [-0.15, -0.1) is 0 Å². The van der Waals surface area contributed by atoms with Gasteiger partial charge in [-0.25, -0.2) is 0 Å². The van der Waals surface area contributed by atoms with Gasteiger partial charge < -0.3 is 19.7 Å². The van der Waals surface area contributed by atoms with Crippen LogP contribution in [0.3, 0.4) is 0 Å². The van der Waals surface area contributed by atoms with Crippen molar-refractivity contribution in [3.05, 3.63) is 113 Å². The molecule has 220 valence electrons. The fourth-order valence-corrected chi connectivity index (χ4v) is 4.94. The van der Waals surface area contributed by atoms with Crippen LogP contribution in [0.4, 0.5) is 11.4 Å². The van der Waals surface area contributed by atoms with Crippen molar-refractivity contribution in [3.8, 4) is 11.3 Å². The molecule has 1 saturated heterocycles. The van der Waals surface area contributed by atoms with E-state index in [1.165, 1.54) is 0 Å². The van der Waals surface area contributed by atoms with Crippen molar-refractivity contribution < 1.29 is 9.53 Å². The lowest BCUT2D eigenvalue weighted by molar-refractivity contribution is 0.102. The van der Waals surface area contributed by atoms with Gasteiger partial charge in [-0.1, -0.05) is 60.1 Å². The molecule has 2 N–H and O–H groups in total. The Morgan fingerprint density at radius 1 is 1.14 bits per heavy atom. The molecule has 1 fully saturated rings. The van der Waals surface area contributed by atoms with Gasteiger partial charge in [-0.05, 0) is 92.3 Å². The van der Waals surface area contributed by atoms with Crippen LogP contribution in [0.1, 0.15) is 29.8 Å². The van der Waals surface area contributed by atoms with E-state index in [1.807, 2.05) is 94.6 Å². The number of halogens is 2. The van der Waals surface area contributed by atoms with Crippen LogP contribution in [0.15, 0.2) is 96.8 Å². The molecule has 1 aliphatic heterocycles. The van der Waals surface area contributed by atoms with Gasteiger partial charge in [-0.2, -0.15) is 0 Å². The van der Waals surface area contributed by atoms with Crippen molar-refractivity contribution in [1.29, 1.82) is 0 Å². The van der Waals surface area contributed by atoms with Crippen LogP contribution in [0.5, 0.6) is 0 Å². The Labute approximate surface area is 262 Å². The summed E-state index contributed by atoms with van der Waals surface area (Å²) >= 11 is 13.5. The number of nitrogens with one attached hydrogen (secondary N) is 2. The smallest absolute Gasteiger partial charge is 0.255 e. The van der Waals surface area contributed by atoms with Gasteiger partial charge in [0, 0.05) is 46.2 Å². The van der Waals surface area contributed by atoms with E-state index in [1.54, 1.807) is 30.4 Å². The normalized spacial score (nSPS) is 12.8. The van der Waals surface area contributed by atoms with E-state index in [-0.39, 0.29) is 5.91 Å². The summed E-state index contributed by atoms with van der Waals surface area (Å²) in [5.41, 5.74) is 4.87. The van der Waals surface area contributed by atoms with Crippen LogP contribution in [-0.2, 0) is 4.74 Å². The molecule has 1 amide bonds. The molecule has 5 rings (SSSR count). The molecule has 9 heteroatoms. The third-order valence-electron chi connectivity index (χ3n) is 6.23. The average Bonchev–Trinajstić information content (AvgIpc) is 3.02. The predicted molar refractivity (Wildman–Crippen MR) is 182 cm³/mol. The molecular weight excluding hydrogens is 587 g/mol. The van der Waals surface area contributed by atoms with E-state index in [0.29, 0.717) is 28.8 Å². The van der Waals surface area contributed by atoms with E-state index >= 15 is 0 Å². The molecule has 3 aromatic carbocycles. The molecule has 0 spiro atoms. The zero-order valence-corrected chi connectivity index (χ0v) is 26.6. The minimum atomic E-state index is -0.159. The Bertz CT molecular complexity index is 1530. The first-order valence-corrected chi connectivity index (χ1v) is 15.1. The second-order valence-corrected chi connectivity index (χ2v) is 11.1. The van der Waals surface area contributed by atoms with Crippen LogP contribution < -0.4 is 14.9 Å². The molecule has 6 nitrogen and oxygen atoms in total. The lowest BCUT2D eigenvalue weighted by Gasteiger charge is -2.27. The highest BCUT2D eigenvalue weighted by molar-refractivity contribution is 8.00. The second-order valence-electron chi connectivity index (χ2n) is 9.15. The number of fused-ring (bicyclic) bond motifs is 1. The number of ether oxygens (including phenoxy) is 1. The fraction of sp³-hybridized carbons (Fsp3) is 0.212. The predicted octanol–water partition coefficient (Wildman–Crippen LogP) is 9.06. The maximum atomic E-state index is 13.1. The van der Waals surface area contributed by atoms with Gasteiger partial charge in [-0.3, -0.25) is 9.78 Å². The number of allylic oxidation sites excluding steroid dienone is 2. The minimum Gasteiger partial charge on any atom is -0.394 e. The van der Waals surface area contributed by atoms with E-state index in [9.17, 15) is 4.79 Å². The third-order valence-corrected chi connectivity index (χ3v) is 7.75. The number of anilines is 2. The average molecular weight is 624 g/mol. The molecule has 0 radical (unpaired) electrons. The zero-order chi connectivity index (χ0) is 30.5. The first-order valence-electron chi connectivity index (χ1n) is 13.4. The number of hydrogen-bond donors (Lipinski definition) is 2. The number of nitrogens with zero attached hydrogens (tertiary/aromatic N) is 2. The van der Waals surface area contributed by atoms with E-state index in [4.69, 9.17) is 27.9 Å². The van der Waals surface area contributed by atoms with Crippen LogP contribution >= 0.6 is 35.1 Å². The largest absolute Gasteiger partial charge is 0.394 e. The number of rotatable bonds is 5. The summed E-state index contributed by atoms with van der Waals surface area (Å²) in [5, 5.41) is 9.25. The second kappa shape index (κ2) is 16.8. The number of carbonyl (C=O) groups excluding carboxylic acids is 1. The number of aryl methyl sites for hydroxylation is 1. The molecule has 2 heterocycles. The Hall–Kier alpha value is -3.49. The SMILES string of the molecule is C/C=C(\C)Cl.C=CNC.Cc1cc(N2CCOCS2)ccc1C(=O)Nc1ccc(Cl)c(-c2nccc3ccccc23)c1. The first-order chi connectivity index (χ1) is 20.3. The fourth-order valence-electron chi connectivity index (χ4n) is 3.95. The Morgan fingerprint density at radius 3 is 2.52 bits per heavy atom. The van der Waals surface area contributed by atoms with Gasteiger partial charge in [0.25, 0.3) is 5.91 Å². The summed E-state index contributed by atoms with van der Waals surface area (Å²) in [6, 6.07) is 21.4. The third kappa shape index (κ3) is 9.26. The Morgan fingerprint density at radius 2 is 1.88 bits per heavy atom. The number of hydrogen-bond acceptors (Lipinski definition) is 6. The lowest BCUT2D eigenvalue weighted by atomic mass is 10.0. The van der Waals surface area contributed by atoms with Gasteiger partial charge in [0.15, 0.2) is 0 Å². The van der Waals surface area contributed by atoms with Crippen LogP contribution in [0.2, 0.25) is 5.02 Å². The van der Waals surface area contributed by atoms with E-state index in [2.05, 4.69) is 26.5 Å². The minimum absolute atomic E-state index is 0.159. The van der Waals surface area contributed by atoms with Crippen molar-refractivity contribution in [2.75, 3.05) is 35.8 Å². The monoisotopic (exact) mass is 622 g/mol. The van der Waals surface area contributed by atoms with Crippen molar-refractivity contribution in [1.82, 2.24) is 10.3 Å². The molecule has 1 aromatic heterocycles. The summed E-state index contributed by atoms with van der Waals surface area (Å²) in [5.74, 6) is 0.485. The van der Waals surface area contributed by atoms with Crippen molar-refractivity contribution >= 4 is 63.2 Å². The number of aromatic nitrogens is 1. The van der Waals surface area contributed by atoms with Gasteiger partial charge in [0.1, 0.15) is 5.94 Å². The summed E-state index contributed by atoms with van der Waals surface area (Å²) in [7, 11) is 1.81. The molecule has 42 heavy (non-hydrogen) atoms. The summed E-state index contributed by atoms with van der Waals surface area (Å²) in [6.45, 7) is 10.6. The molecule has 0 bridgehead atoms.